The molecule has 1 aromatic rings. The van der Waals surface area contributed by atoms with Gasteiger partial charge in [0, 0.05) is 12.0 Å². The van der Waals surface area contributed by atoms with Crippen molar-refractivity contribution in [3.05, 3.63) is 48.0 Å². The first-order chi connectivity index (χ1) is 12.0. The van der Waals surface area contributed by atoms with Crippen LogP contribution in [0, 0.1) is 5.41 Å². The molecule has 0 aliphatic carbocycles. The summed E-state index contributed by atoms with van der Waals surface area (Å²) in [5.41, 5.74) is 7.28. The van der Waals surface area contributed by atoms with E-state index in [2.05, 4.69) is 11.9 Å². The molecule has 1 rings (SSSR count). The second-order valence-corrected chi connectivity index (χ2v) is 5.74. The van der Waals surface area contributed by atoms with Crippen LogP contribution < -0.4 is 11.1 Å². The summed E-state index contributed by atoms with van der Waals surface area (Å²) >= 11 is 0. The summed E-state index contributed by atoms with van der Waals surface area (Å²) in [4.78, 5) is 23.4. The van der Waals surface area contributed by atoms with Crippen molar-refractivity contribution in [2.24, 2.45) is 5.73 Å². The molecule has 0 aliphatic rings. The maximum Gasteiger partial charge on any atom is 0.308 e. The number of hydrogen-bond donors (Lipinski definition) is 3. The van der Waals surface area contributed by atoms with Gasteiger partial charge in [0.25, 0.3) is 0 Å². The smallest absolute Gasteiger partial charge is 0.308 e. The van der Waals surface area contributed by atoms with E-state index in [4.69, 9.17) is 15.9 Å². The van der Waals surface area contributed by atoms with E-state index in [1.54, 1.807) is 13.0 Å². The van der Waals surface area contributed by atoms with Crippen LogP contribution in [0.15, 0.2) is 36.9 Å². The molecule has 6 nitrogen and oxygen atoms in total. The SMILES string of the molecule is C=CC(CC(=O)OCC)NC(=O)CCCCc1ccc(C(=N)N)cc1. The fourth-order valence-corrected chi connectivity index (χ4v) is 2.34. The number of amides is 1. The van der Waals surface area contributed by atoms with Crippen LogP contribution in [0.5, 0.6) is 0 Å². The van der Waals surface area contributed by atoms with Gasteiger partial charge in [-0.05, 0) is 31.7 Å². The number of esters is 1. The summed E-state index contributed by atoms with van der Waals surface area (Å²) in [7, 11) is 0. The molecule has 25 heavy (non-hydrogen) atoms. The zero-order valence-corrected chi connectivity index (χ0v) is 14.7. The van der Waals surface area contributed by atoms with E-state index in [0.29, 0.717) is 18.6 Å². The van der Waals surface area contributed by atoms with Crippen molar-refractivity contribution in [3.8, 4) is 0 Å². The fourth-order valence-electron chi connectivity index (χ4n) is 2.34. The van der Waals surface area contributed by atoms with Crippen molar-refractivity contribution < 1.29 is 14.3 Å². The summed E-state index contributed by atoms with van der Waals surface area (Å²) in [6.07, 6.45) is 4.54. The highest BCUT2D eigenvalue weighted by atomic mass is 16.5. The minimum atomic E-state index is -0.398. The molecular formula is C19H27N3O3. The number of ether oxygens (including phenoxy) is 1. The maximum atomic E-state index is 11.9. The molecule has 0 radical (unpaired) electrons. The molecule has 1 aromatic carbocycles. The Hall–Kier alpha value is -2.63. The first kappa shape index (κ1) is 20.4. The van der Waals surface area contributed by atoms with Gasteiger partial charge < -0.3 is 15.8 Å². The molecule has 1 unspecified atom stereocenters. The number of aryl methyl sites for hydroxylation is 1. The van der Waals surface area contributed by atoms with E-state index in [1.165, 1.54) is 0 Å². The Morgan fingerprint density at radius 1 is 1.32 bits per heavy atom. The lowest BCUT2D eigenvalue weighted by molar-refractivity contribution is -0.143. The summed E-state index contributed by atoms with van der Waals surface area (Å²) in [5, 5.41) is 10.1. The van der Waals surface area contributed by atoms with Gasteiger partial charge in [-0.25, -0.2) is 0 Å². The van der Waals surface area contributed by atoms with Gasteiger partial charge in [-0.3, -0.25) is 15.0 Å². The Morgan fingerprint density at radius 3 is 2.56 bits per heavy atom. The van der Waals surface area contributed by atoms with Crippen molar-refractivity contribution in [1.82, 2.24) is 5.32 Å². The number of unbranched alkanes of at least 4 members (excludes halogenated alkanes) is 1. The third-order valence-corrected chi connectivity index (χ3v) is 3.71. The minimum Gasteiger partial charge on any atom is -0.466 e. The van der Waals surface area contributed by atoms with Crippen molar-refractivity contribution in [2.45, 2.75) is 45.1 Å². The van der Waals surface area contributed by atoms with Crippen LogP contribution >= 0.6 is 0 Å². The largest absolute Gasteiger partial charge is 0.466 e. The third-order valence-electron chi connectivity index (χ3n) is 3.71. The van der Waals surface area contributed by atoms with E-state index < -0.39 is 6.04 Å². The van der Waals surface area contributed by atoms with Crippen LogP contribution in [0.1, 0.15) is 43.7 Å². The van der Waals surface area contributed by atoms with E-state index in [-0.39, 0.29) is 24.1 Å². The summed E-state index contributed by atoms with van der Waals surface area (Å²) in [5.74, 6) is -0.384. The Kier molecular flexibility index (Phi) is 9.00. The second kappa shape index (κ2) is 11.0. The summed E-state index contributed by atoms with van der Waals surface area (Å²) in [6, 6.07) is 7.15. The summed E-state index contributed by atoms with van der Waals surface area (Å²) in [6.45, 7) is 5.70. The number of rotatable bonds is 11. The highest BCUT2D eigenvalue weighted by Gasteiger charge is 2.13. The van der Waals surface area contributed by atoms with Gasteiger partial charge in [-0.15, -0.1) is 6.58 Å². The molecule has 0 saturated heterocycles. The van der Waals surface area contributed by atoms with Gasteiger partial charge in [-0.2, -0.15) is 0 Å². The first-order valence-corrected chi connectivity index (χ1v) is 8.47. The van der Waals surface area contributed by atoms with Crippen LogP contribution in [-0.2, 0) is 20.7 Å². The molecule has 0 aliphatic heterocycles. The van der Waals surface area contributed by atoms with Crippen LogP contribution in [-0.4, -0.2) is 30.4 Å². The lowest BCUT2D eigenvalue weighted by Crippen LogP contribution is -2.35. The quantitative estimate of drug-likeness (QED) is 0.188. The Labute approximate surface area is 148 Å². The van der Waals surface area contributed by atoms with Crippen LogP contribution in [0.4, 0.5) is 0 Å². The Bertz CT molecular complexity index is 596. The van der Waals surface area contributed by atoms with Crippen LogP contribution in [0.2, 0.25) is 0 Å². The number of nitrogens with one attached hydrogen (secondary N) is 2. The zero-order valence-electron chi connectivity index (χ0n) is 14.7. The predicted octanol–water partition coefficient (Wildman–Crippen LogP) is 2.31. The molecule has 0 aromatic heterocycles. The predicted molar refractivity (Wildman–Crippen MR) is 98.4 cm³/mol. The molecule has 136 valence electrons. The molecule has 1 amide bonds. The Morgan fingerprint density at radius 2 is 2.00 bits per heavy atom. The van der Waals surface area contributed by atoms with Gasteiger partial charge in [0.2, 0.25) is 5.91 Å². The van der Waals surface area contributed by atoms with Gasteiger partial charge in [0.1, 0.15) is 5.84 Å². The van der Waals surface area contributed by atoms with Crippen molar-refractivity contribution in [3.63, 3.8) is 0 Å². The van der Waals surface area contributed by atoms with Crippen molar-refractivity contribution in [1.29, 1.82) is 5.41 Å². The molecular weight excluding hydrogens is 318 g/mol. The van der Waals surface area contributed by atoms with Gasteiger partial charge in [0.15, 0.2) is 0 Å². The van der Waals surface area contributed by atoms with Gasteiger partial charge in [-0.1, -0.05) is 30.3 Å². The highest BCUT2D eigenvalue weighted by Crippen LogP contribution is 2.09. The van der Waals surface area contributed by atoms with E-state index in [0.717, 1.165) is 24.8 Å². The van der Waals surface area contributed by atoms with E-state index >= 15 is 0 Å². The number of carbonyl (C=O) groups is 2. The molecule has 6 heteroatoms. The summed E-state index contributed by atoms with van der Waals surface area (Å²) < 4.78 is 4.87. The average Bonchev–Trinajstić information content (AvgIpc) is 2.58. The monoisotopic (exact) mass is 345 g/mol. The molecule has 1 atom stereocenters. The zero-order chi connectivity index (χ0) is 18.7. The third kappa shape index (κ3) is 8.15. The normalized spacial score (nSPS) is 11.4. The van der Waals surface area contributed by atoms with Gasteiger partial charge >= 0.3 is 5.97 Å². The number of carbonyl (C=O) groups excluding carboxylic acids is 2. The van der Waals surface area contributed by atoms with Crippen molar-refractivity contribution >= 4 is 17.7 Å². The number of nitrogens with two attached hydrogens (primary N) is 1. The van der Waals surface area contributed by atoms with Gasteiger partial charge in [0.05, 0.1) is 19.1 Å². The molecule has 0 bridgehead atoms. The number of hydrogen-bond acceptors (Lipinski definition) is 4. The molecule has 0 spiro atoms. The molecule has 0 saturated carbocycles. The standard InChI is InChI=1S/C19H27N3O3/c1-3-16(13-18(24)25-4-2)22-17(23)8-6-5-7-14-9-11-15(12-10-14)19(20)21/h3,9-12,16H,1,4-8,13H2,2H3,(H3,20,21)(H,22,23). The lowest BCUT2D eigenvalue weighted by atomic mass is 10.0. The number of nitrogen functional groups attached to an aromatic ring is 1. The number of amidine groups is 1. The lowest BCUT2D eigenvalue weighted by Gasteiger charge is -2.14. The topological polar surface area (TPSA) is 105 Å². The van der Waals surface area contributed by atoms with Crippen LogP contribution in [0.25, 0.3) is 0 Å². The molecule has 0 fully saturated rings. The highest BCUT2D eigenvalue weighted by molar-refractivity contribution is 5.94. The van der Waals surface area contributed by atoms with Crippen LogP contribution in [0.3, 0.4) is 0 Å². The Balaban J connectivity index is 2.28. The second-order valence-electron chi connectivity index (χ2n) is 5.74. The van der Waals surface area contributed by atoms with E-state index in [9.17, 15) is 9.59 Å². The van der Waals surface area contributed by atoms with Crippen molar-refractivity contribution in [2.75, 3.05) is 6.61 Å². The van der Waals surface area contributed by atoms with E-state index in [1.807, 2.05) is 24.3 Å². The number of benzene rings is 1. The molecule has 4 N–H and O–H groups in total. The minimum absolute atomic E-state index is 0.0582. The maximum absolute atomic E-state index is 11.9. The first-order valence-electron chi connectivity index (χ1n) is 8.47. The molecule has 0 heterocycles. The fraction of sp³-hybridized carbons (Fsp3) is 0.421. The average molecular weight is 345 g/mol.